The maximum atomic E-state index is 12.3. The lowest BCUT2D eigenvalue weighted by atomic mass is 10.1. The smallest absolute Gasteiger partial charge is 0.241 e. The van der Waals surface area contributed by atoms with Crippen LogP contribution in [0.5, 0.6) is 0 Å². The molecule has 2 unspecified atom stereocenters. The Labute approximate surface area is 117 Å². The van der Waals surface area contributed by atoms with E-state index in [1.807, 2.05) is 0 Å². The van der Waals surface area contributed by atoms with E-state index < -0.39 is 20.8 Å². The van der Waals surface area contributed by atoms with Crippen LogP contribution in [0.3, 0.4) is 0 Å². The summed E-state index contributed by atoms with van der Waals surface area (Å²) in [5.41, 5.74) is 6.95. The maximum absolute atomic E-state index is 12.3. The second-order valence-corrected chi connectivity index (χ2v) is 7.73. The number of nitrogens with one attached hydrogen (secondary N) is 1. The summed E-state index contributed by atoms with van der Waals surface area (Å²) >= 11 is 0. The molecule has 2 atom stereocenters. The van der Waals surface area contributed by atoms with Gasteiger partial charge in [-0.1, -0.05) is 12.1 Å². The Morgan fingerprint density at radius 2 is 2.05 bits per heavy atom. The summed E-state index contributed by atoms with van der Waals surface area (Å²) in [6.07, 6.45) is 1.55. The van der Waals surface area contributed by atoms with Gasteiger partial charge in [0.2, 0.25) is 10.0 Å². The van der Waals surface area contributed by atoms with Gasteiger partial charge in [0.1, 0.15) is 0 Å². The third kappa shape index (κ3) is 4.68. The summed E-state index contributed by atoms with van der Waals surface area (Å²) < 4.78 is 38.2. The lowest BCUT2D eigenvalue weighted by Gasteiger charge is -2.15. The molecule has 0 radical (unpaired) electrons. The molecule has 0 aliphatic heterocycles. The molecule has 0 heterocycles. The lowest BCUT2D eigenvalue weighted by molar-refractivity contribution is 0.569. The first-order valence-electron chi connectivity index (χ1n) is 5.88. The van der Waals surface area contributed by atoms with Crippen molar-refractivity contribution in [3.8, 4) is 0 Å². The van der Waals surface area contributed by atoms with E-state index in [0.29, 0.717) is 5.56 Å². The van der Waals surface area contributed by atoms with Crippen LogP contribution < -0.4 is 10.5 Å². The van der Waals surface area contributed by atoms with Crippen molar-refractivity contribution in [2.45, 2.75) is 31.3 Å². The van der Waals surface area contributed by atoms with Crippen LogP contribution in [0.4, 0.5) is 0 Å². The zero-order valence-electron chi connectivity index (χ0n) is 11.3. The maximum Gasteiger partial charge on any atom is 0.241 e. The van der Waals surface area contributed by atoms with Gasteiger partial charge in [0.05, 0.1) is 4.90 Å². The predicted octanol–water partition coefficient (Wildman–Crippen LogP) is 0.499. The van der Waals surface area contributed by atoms with Crippen molar-refractivity contribution in [1.29, 1.82) is 0 Å². The lowest BCUT2D eigenvalue weighted by Crippen LogP contribution is -2.36. The Hall–Kier alpha value is -0.760. The van der Waals surface area contributed by atoms with E-state index in [4.69, 9.17) is 5.73 Å². The minimum atomic E-state index is -3.61. The first-order chi connectivity index (χ1) is 8.76. The predicted molar refractivity (Wildman–Crippen MR) is 77.8 cm³/mol. The number of hydrogen-bond donors (Lipinski definition) is 2. The van der Waals surface area contributed by atoms with Crippen LogP contribution in [0, 0.1) is 6.92 Å². The molecule has 0 bridgehead atoms. The van der Waals surface area contributed by atoms with E-state index >= 15 is 0 Å². The molecule has 1 aromatic carbocycles. The van der Waals surface area contributed by atoms with Crippen LogP contribution in [0.15, 0.2) is 23.1 Å². The first-order valence-corrected chi connectivity index (χ1v) is 9.09. The molecule has 19 heavy (non-hydrogen) atoms. The van der Waals surface area contributed by atoms with Crippen LogP contribution in [0.2, 0.25) is 0 Å². The molecule has 108 valence electrons. The number of sulfonamides is 1. The highest BCUT2D eigenvalue weighted by Gasteiger charge is 2.20. The summed E-state index contributed by atoms with van der Waals surface area (Å²) in [7, 11) is -4.65. The molecule has 1 rings (SSSR count). The van der Waals surface area contributed by atoms with E-state index in [9.17, 15) is 12.6 Å². The molecule has 0 saturated carbocycles. The third-order valence-corrected chi connectivity index (χ3v) is 5.32. The Kier molecular flexibility index (Phi) is 5.66. The Bertz CT molecular complexity index is 570. The molecule has 5 nitrogen and oxygen atoms in total. The molecule has 0 spiro atoms. The largest absolute Gasteiger partial charge is 0.326 e. The van der Waals surface area contributed by atoms with Crippen molar-refractivity contribution in [3.63, 3.8) is 0 Å². The van der Waals surface area contributed by atoms with Crippen molar-refractivity contribution in [1.82, 2.24) is 4.72 Å². The van der Waals surface area contributed by atoms with Gasteiger partial charge in [-0.05, 0) is 31.0 Å². The van der Waals surface area contributed by atoms with Gasteiger partial charge in [-0.2, -0.15) is 0 Å². The van der Waals surface area contributed by atoms with E-state index in [0.717, 1.165) is 5.56 Å². The Morgan fingerprint density at radius 3 is 2.58 bits per heavy atom. The SMILES string of the molecule is Cc1ccc(CN)cc1S(=O)(=O)NC(C)CS(C)=O. The van der Waals surface area contributed by atoms with E-state index in [2.05, 4.69) is 4.72 Å². The summed E-state index contributed by atoms with van der Waals surface area (Å²) in [4.78, 5) is 0.226. The molecule has 3 N–H and O–H groups in total. The van der Waals surface area contributed by atoms with Crippen LogP contribution >= 0.6 is 0 Å². The van der Waals surface area contributed by atoms with Gasteiger partial charge in [0.15, 0.2) is 0 Å². The highest BCUT2D eigenvalue weighted by molar-refractivity contribution is 7.89. The topological polar surface area (TPSA) is 89.3 Å². The minimum absolute atomic E-state index is 0.226. The Balaban J connectivity index is 3.03. The fourth-order valence-electron chi connectivity index (χ4n) is 1.78. The van der Waals surface area contributed by atoms with Gasteiger partial charge in [0.25, 0.3) is 0 Å². The van der Waals surface area contributed by atoms with Crippen molar-refractivity contribution in [2.24, 2.45) is 5.73 Å². The van der Waals surface area contributed by atoms with Gasteiger partial charge in [0, 0.05) is 35.4 Å². The first kappa shape index (κ1) is 16.3. The standard InChI is InChI=1S/C12H20N2O3S2/c1-9-4-5-11(7-13)6-12(9)19(16,17)14-10(2)8-18(3)15/h4-6,10,14H,7-8,13H2,1-3H3. The van der Waals surface area contributed by atoms with E-state index in [1.54, 1.807) is 38.3 Å². The summed E-state index contributed by atoms with van der Waals surface area (Å²) in [5.74, 6) is 0.287. The van der Waals surface area contributed by atoms with Gasteiger partial charge in [-0.3, -0.25) is 4.21 Å². The van der Waals surface area contributed by atoms with Crippen LogP contribution in [-0.4, -0.2) is 30.7 Å². The molecular formula is C12H20N2O3S2. The van der Waals surface area contributed by atoms with Gasteiger partial charge in [-0.25, -0.2) is 13.1 Å². The van der Waals surface area contributed by atoms with Crippen LogP contribution in [0.25, 0.3) is 0 Å². The summed E-state index contributed by atoms with van der Waals surface area (Å²) in [6, 6.07) is 4.74. The highest BCUT2D eigenvalue weighted by atomic mass is 32.2. The van der Waals surface area contributed by atoms with Crippen LogP contribution in [0.1, 0.15) is 18.1 Å². The fourth-order valence-corrected chi connectivity index (χ4v) is 4.21. The minimum Gasteiger partial charge on any atom is -0.326 e. The molecule has 0 fully saturated rings. The van der Waals surface area contributed by atoms with Crippen LogP contribution in [-0.2, 0) is 27.4 Å². The second-order valence-electron chi connectivity index (χ2n) is 4.57. The zero-order valence-corrected chi connectivity index (χ0v) is 13.0. The molecule has 7 heteroatoms. The van der Waals surface area contributed by atoms with Crippen molar-refractivity contribution in [3.05, 3.63) is 29.3 Å². The normalized spacial score (nSPS) is 15.2. The monoisotopic (exact) mass is 304 g/mol. The van der Waals surface area contributed by atoms with Crippen molar-refractivity contribution in [2.75, 3.05) is 12.0 Å². The van der Waals surface area contributed by atoms with E-state index in [1.165, 1.54) is 0 Å². The second kappa shape index (κ2) is 6.60. The molecule has 1 aromatic rings. The Morgan fingerprint density at radius 1 is 1.42 bits per heavy atom. The molecule has 0 aliphatic carbocycles. The number of rotatable bonds is 6. The average molecular weight is 304 g/mol. The molecule has 0 amide bonds. The number of aryl methyl sites for hydroxylation is 1. The zero-order chi connectivity index (χ0) is 14.6. The van der Waals surface area contributed by atoms with Gasteiger partial charge >= 0.3 is 0 Å². The molecule has 0 aromatic heterocycles. The fraction of sp³-hybridized carbons (Fsp3) is 0.500. The average Bonchev–Trinajstić information content (AvgIpc) is 2.27. The summed E-state index contributed by atoms with van der Waals surface area (Å²) in [6.45, 7) is 3.72. The number of nitrogens with two attached hydrogens (primary N) is 1. The van der Waals surface area contributed by atoms with E-state index in [-0.39, 0.29) is 23.2 Å². The highest BCUT2D eigenvalue weighted by Crippen LogP contribution is 2.17. The number of hydrogen-bond acceptors (Lipinski definition) is 4. The number of benzene rings is 1. The molecule has 0 saturated heterocycles. The van der Waals surface area contributed by atoms with Gasteiger partial charge < -0.3 is 5.73 Å². The molecule has 0 aliphatic rings. The summed E-state index contributed by atoms with van der Waals surface area (Å²) in [5, 5.41) is 0. The quantitative estimate of drug-likeness (QED) is 0.801. The third-order valence-electron chi connectivity index (χ3n) is 2.62. The van der Waals surface area contributed by atoms with Crippen molar-refractivity contribution < 1.29 is 12.6 Å². The van der Waals surface area contributed by atoms with Gasteiger partial charge in [-0.15, -0.1) is 0 Å². The molecular weight excluding hydrogens is 284 g/mol. The van der Waals surface area contributed by atoms with Crippen molar-refractivity contribution >= 4 is 20.8 Å².